The molecule has 0 saturated carbocycles. The second kappa shape index (κ2) is 5.21. The Morgan fingerprint density at radius 2 is 1.95 bits per heavy atom. The predicted octanol–water partition coefficient (Wildman–Crippen LogP) is 1.58. The lowest BCUT2D eigenvalue weighted by molar-refractivity contribution is 0.494. The fourth-order valence-corrected chi connectivity index (χ4v) is 2.17. The molecule has 4 N–H and O–H groups in total. The largest absolute Gasteiger partial charge is 0.459 e. The number of furan rings is 1. The van der Waals surface area contributed by atoms with Crippen molar-refractivity contribution >= 4 is 23.4 Å². The highest BCUT2D eigenvalue weighted by molar-refractivity contribution is 7.98. The molecule has 8 nitrogen and oxygen atoms in total. The third kappa shape index (κ3) is 2.72. The summed E-state index contributed by atoms with van der Waals surface area (Å²) in [5, 5.41) is 8.27. The van der Waals surface area contributed by atoms with E-state index in [2.05, 4.69) is 20.2 Å². The van der Waals surface area contributed by atoms with Gasteiger partial charge in [0.1, 0.15) is 11.6 Å². The van der Waals surface area contributed by atoms with Gasteiger partial charge < -0.3 is 20.3 Å². The van der Waals surface area contributed by atoms with Gasteiger partial charge in [0.2, 0.25) is 5.89 Å². The Morgan fingerprint density at radius 3 is 2.65 bits per heavy atom. The molecule has 0 fully saturated rings. The molecule has 0 atom stereocenters. The number of nitrogen functional groups attached to an aromatic ring is 2. The molecule has 0 bridgehead atoms. The quantitative estimate of drug-likeness (QED) is 0.543. The molecule has 20 heavy (non-hydrogen) atoms. The van der Waals surface area contributed by atoms with E-state index in [4.69, 9.17) is 20.3 Å². The van der Waals surface area contributed by atoms with Gasteiger partial charge in [-0.15, -0.1) is 10.2 Å². The third-order valence-corrected chi connectivity index (χ3v) is 3.10. The summed E-state index contributed by atoms with van der Waals surface area (Å²) >= 11 is 1.30. The highest BCUT2D eigenvalue weighted by atomic mass is 32.2. The third-order valence-electron chi connectivity index (χ3n) is 2.27. The molecule has 0 radical (unpaired) electrons. The maximum Gasteiger partial charge on any atom is 0.283 e. The second-order valence-corrected chi connectivity index (χ2v) is 4.71. The van der Waals surface area contributed by atoms with Crippen LogP contribution < -0.4 is 11.5 Å². The summed E-state index contributed by atoms with van der Waals surface area (Å²) in [6, 6.07) is 4.98. The van der Waals surface area contributed by atoms with Crippen molar-refractivity contribution in [1.82, 2.24) is 20.2 Å². The molecule has 0 aliphatic rings. The Labute approximate surface area is 117 Å². The first-order chi connectivity index (χ1) is 9.70. The van der Waals surface area contributed by atoms with E-state index in [1.807, 2.05) is 0 Å². The summed E-state index contributed by atoms with van der Waals surface area (Å²) in [6.45, 7) is 0. The normalized spacial score (nSPS) is 10.8. The fourth-order valence-electron chi connectivity index (χ4n) is 1.46. The van der Waals surface area contributed by atoms with Gasteiger partial charge in [-0.1, -0.05) is 11.8 Å². The Morgan fingerprint density at radius 1 is 1.15 bits per heavy atom. The van der Waals surface area contributed by atoms with Crippen LogP contribution in [0.25, 0.3) is 11.7 Å². The first-order valence-electron chi connectivity index (χ1n) is 5.60. The average molecular weight is 290 g/mol. The lowest BCUT2D eigenvalue weighted by atomic mass is 10.5. The van der Waals surface area contributed by atoms with Gasteiger partial charge in [-0.2, -0.15) is 0 Å². The molecule has 0 saturated heterocycles. The molecule has 0 spiro atoms. The molecule has 0 amide bonds. The van der Waals surface area contributed by atoms with Crippen LogP contribution in [0.2, 0.25) is 0 Å². The van der Waals surface area contributed by atoms with Gasteiger partial charge >= 0.3 is 0 Å². The highest BCUT2D eigenvalue weighted by Crippen LogP contribution is 2.23. The fraction of sp³-hybridized carbons (Fsp3) is 0.0909. The Bertz CT molecular complexity index is 691. The highest BCUT2D eigenvalue weighted by Gasteiger charge is 2.12. The minimum Gasteiger partial charge on any atom is -0.459 e. The van der Waals surface area contributed by atoms with Crippen LogP contribution in [0, 0.1) is 0 Å². The topological polar surface area (TPSA) is 130 Å². The summed E-state index contributed by atoms with van der Waals surface area (Å²) in [6.07, 6.45) is 1.54. The average Bonchev–Trinajstić information content (AvgIpc) is 3.06. The molecule has 102 valence electrons. The van der Waals surface area contributed by atoms with E-state index in [9.17, 15) is 0 Å². The van der Waals surface area contributed by atoms with Crippen molar-refractivity contribution in [2.75, 3.05) is 11.5 Å². The van der Waals surface area contributed by atoms with Crippen molar-refractivity contribution in [1.29, 1.82) is 0 Å². The second-order valence-electron chi connectivity index (χ2n) is 3.77. The van der Waals surface area contributed by atoms with Gasteiger partial charge in [0, 0.05) is 6.07 Å². The van der Waals surface area contributed by atoms with Crippen LogP contribution in [0.1, 0.15) is 5.89 Å². The zero-order chi connectivity index (χ0) is 13.9. The zero-order valence-electron chi connectivity index (χ0n) is 10.2. The Balaban J connectivity index is 1.69. The van der Waals surface area contributed by atoms with Crippen molar-refractivity contribution in [3.05, 3.63) is 30.4 Å². The van der Waals surface area contributed by atoms with E-state index < -0.39 is 0 Å². The zero-order valence-corrected chi connectivity index (χ0v) is 11.0. The van der Waals surface area contributed by atoms with Crippen molar-refractivity contribution in [2.24, 2.45) is 0 Å². The van der Waals surface area contributed by atoms with Crippen LogP contribution in [0.4, 0.5) is 11.6 Å². The number of hydrogen-bond acceptors (Lipinski definition) is 9. The van der Waals surface area contributed by atoms with E-state index >= 15 is 0 Å². The molecule has 3 aromatic rings. The minimum absolute atomic E-state index is 0.321. The van der Waals surface area contributed by atoms with Gasteiger partial charge in [-0.3, -0.25) is 0 Å². The van der Waals surface area contributed by atoms with E-state index in [0.717, 1.165) is 0 Å². The molecular formula is C11H10N6O2S. The number of anilines is 2. The van der Waals surface area contributed by atoms with E-state index in [1.165, 1.54) is 24.1 Å². The van der Waals surface area contributed by atoms with Crippen molar-refractivity contribution < 1.29 is 8.83 Å². The maximum absolute atomic E-state index is 5.59. The molecule has 0 aliphatic heterocycles. The number of rotatable bonds is 4. The van der Waals surface area contributed by atoms with Crippen molar-refractivity contribution in [3.8, 4) is 11.7 Å². The molecule has 3 heterocycles. The maximum atomic E-state index is 5.59. The number of thioether (sulfide) groups is 1. The van der Waals surface area contributed by atoms with Gasteiger partial charge in [0.05, 0.1) is 12.0 Å². The van der Waals surface area contributed by atoms with E-state index in [0.29, 0.717) is 40.1 Å². The number of nitrogens with two attached hydrogens (primary N) is 2. The lowest BCUT2D eigenvalue weighted by Gasteiger charge is -2.00. The van der Waals surface area contributed by atoms with Crippen LogP contribution in [-0.2, 0) is 5.75 Å². The van der Waals surface area contributed by atoms with Crippen LogP contribution in [0.3, 0.4) is 0 Å². The number of nitrogens with zero attached hydrogens (tertiary/aromatic N) is 4. The first kappa shape index (κ1) is 12.5. The first-order valence-corrected chi connectivity index (χ1v) is 6.58. The van der Waals surface area contributed by atoms with Gasteiger partial charge in [-0.25, -0.2) is 9.97 Å². The van der Waals surface area contributed by atoms with E-state index in [-0.39, 0.29) is 0 Å². The number of hydrogen-bond donors (Lipinski definition) is 2. The smallest absolute Gasteiger partial charge is 0.283 e. The summed E-state index contributed by atoms with van der Waals surface area (Å²) < 4.78 is 10.6. The monoisotopic (exact) mass is 290 g/mol. The molecule has 9 heteroatoms. The molecule has 0 aliphatic carbocycles. The molecule has 0 unspecified atom stereocenters. The Hall–Kier alpha value is -2.55. The molecule has 0 aromatic carbocycles. The van der Waals surface area contributed by atoms with Crippen LogP contribution >= 0.6 is 11.8 Å². The van der Waals surface area contributed by atoms with Crippen LogP contribution in [-0.4, -0.2) is 20.2 Å². The summed E-state index contributed by atoms with van der Waals surface area (Å²) in [5.41, 5.74) is 11.2. The SMILES string of the molecule is Nc1cc(N)nc(SCc2nnc(-c3ccco3)o2)n1. The van der Waals surface area contributed by atoms with Crippen molar-refractivity contribution in [3.63, 3.8) is 0 Å². The van der Waals surface area contributed by atoms with Gasteiger partial charge in [0.15, 0.2) is 10.9 Å². The summed E-state index contributed by atoms with van der Waals surface area (Å²) in [5.74, 6) is 2.35. The summed E-state index contributed by atoms with van der Waals surface area (Å²) in [4.78, 5) is 8.09. The standard InChI is InChI=1S/C11H10N6O2S/c12-7-4-8(13)15-11(14-7)20-5-9-16-17-10(19-9)6-2-1-3-18-6/h1-4H,5H2,(H4,12,13,14,15). The van der Waals surface area contributed by atoms with E-state index in [1.54, 1.807) is 12.1 Å². The molecule has 3 aromatic heterocycles. The molecular weight excluding hydrogens is 280 g/mol. The Kier molecular flexibility index (Phi) is 3.25. The molecule has 3 rings (SSSR count). The number of aromatic nitrogens is 4. The van der Waals surface area contributed by atoms with Gasteiger partial charge in [-0.05, 0) is 12.1 Å². The van der Waals surface area contributed by atoms with Crippen LogP contribution in [0.5, 0.6) is 0 Å². The predicted molar refractivity (Wildman–Crippen MR) is 72.4 cm³/mol. The lowest BCUT2D eigenvalue weighted by Crippen LogP contribution is -1.99. The van der Waals surface area contributed by atoms with Gasteiger partial charge in [0.25, 0.3) is 5.89 Å². The minimum atomic E-state index is 0.321. The summed E-state index contributed by atoms with van der Waals surface area (Å²) in [7, 11) is 0. The van der Waals surface area contributed by atoms with Crippen LogP contribution in [0.15, 0.2) is 38.5 Å². The van der Waals surface area contributed by atoms with Crippen molar-refractivity contribution in [2.45, 2.75) is 10.9 Å².